The second-order valence-corrected chi connectivity index (χ2v) is 5.32. The van der Waals surface area contributed by atoms with Crippen LogP contribution in [0.25, 0.3) is 0 Å². The molecule has 1 aromatic rings. The molecular formula is C13H16F2N2O3. The largest absolute Gasteiger partial charge is 0.381 e. The van der Waals surface area contributed by atoms with E-state index in [2.05, 4.69) is 5.32 Å². The van der Waals surface area contributed by atoms with Crippen LogP contribution in [0.1, 0.15) is 19.8 Å². The highest BCUT2D eigenvalue weighted by Gasteiger charge is 2.28. The number of nitro benzene ring substituents is 1. The molecule has 20 heavy (non-hydrogen) atoms. The molecule has 110 valence electrons. The Morgan fingerprint density at radius 2 is 1.90 bits per heavy atom. The van der Waals surface area contributed by atoms with Crippen molar-refractivity contribution in [1.29, 1.82) is 0 Å². The van der Waals surface area contributed by atoms with Gasteiger partial charge < -0.3 is 10.1 Å². The van der Waals surface area contributed by atoms with Crippen molar-refractivity contribution < 1.29 is 18.4 Å². The summed E-state index contributed by atoms with van der Waals surface area (Å²) in [6.45, 7) is 3.67. The second-order valence-electron chi connectivity index (χ2n) is 5.32. The molecule has 0 bridgehead atoms. The zero-order valence-electron chi connectivity index (χ0n) is 11.1. The first-order valence-electron chi connectivity index (χ1n) is 6.36. The van der Waals surface area contributed by atoms with Crippen LogP contribution in [0.3, 0.4) is 0 Å². The van der Waals surface area contributed by atoms with E-state index in [1.165, 1.54) is 0 Å². The normalized spacial score (nSPS) is 17.8. The van der Waals surface area contributed by atoms with E-state index < -0.39 is 22.2 Å². The van der Waals surface area contributed by atoms with Crippen LogP contribution in [-0.2, 0) is 4.74 Å². The molecule has 2 rings (SSSR count). The number of ether oxygens (including phenoxy) is 1. The average Bonchev–Trinajstić information content (AvgIpc) is 2.38. The first-order valence-corrected chi connectivity index (χ1v) is 6.36. The predicted molar refractivity (Wildman–Crippen MR) is 69.7 cm³/mol. The van der Waals surface area contributed by atoms with Crippen LogP contribution in [0.5, 0.6) is 0 Å². The Morgan fingerprint density at radius 1 is 1.35 bits per heavy atom. The Labute approximate surface area is 115 Å². The topological polar surface area (TPSA) is 64.4 Å². The molecule has 0 atom stereocenters. The quantitative estimate of drug-likeness (QED) is 0.682. The minimum absolute atomic E-state index is 0.0983. The number of anilines is 1. The third-order valence-corrected chi connectivity index (χ3v) is 3.63. The van der Waals surface area contributed by atoms with E-state index in [0.717, 1.165) is 25.0 Å². The minimum Gasteiger partial charge on any atom is -0.381 e. The van der Waals surface area contributed by atoms with E-state index in [4.69, 9.17) is 4.74 Å². The number of benzene rings is 1. The summed E-state index contributed by atoms with van der Waals surface area (Å²) in [4.78, 5) is 9.69. The van der Waals surface area contributed by atoms with Gasteiger partial charge in [0.15, 0.2) is 11.6 Å². The average molecular weight is 286 g/mol. The van der Waals surface area contributed by atoms with Crippen LogP contribution < -0.4 is 5.32 Å². The van der Waals surface area contributed by atoms with Crippen LogP contribution in [0, 0.1) is 27.2 Å². The lowest BCUT2D eigenvalue weighted by atomic mass is 9.82. The summed E-state index contributed by atoms with van der Waals surface area (Å²) < 4.78 is 32.7. The molecule has 0 saturated carbocycles. The van der Waals surface area contributed by atoms with Gasteiger partial charge >= 0.3 is 0 Å². The molecule has 0 spiro atoms. The lowest BCUT2D eigenvalue weighted by Crippen LogP contribution is -2.33. The monoisotopic (exact) mass is 286 g/mol. The molecule has 1 aliphatic rings. The summed E-state index contributed by atoms with van der Waals surface area (Å²) in [7, 11) is 0. The first-order chi connectivity index (χ1) is 9.41. The Bertz CT molecular complexity index is 493. The molecule has 1 N–H and O–H groups in total. The van der Waals surface area contributed by atoms with Gasteiger partial charge in [-0.15, -0.1) is 0 Å². The Balaban J connectivity index is 2.11. The molecular weight excluding hydrogens is 270 g/mol. The molecule has 0 unspecified atom stereocenters. The Kier molecular flexibility index (Phi) is 4.17. The van der Waals surface area contributed by atoms with Gasteiger partial charge in [0.2, 0.25) is 0 Å². The van der Waals surface area contributed by atoms with Gasteiger partial charge in [0.05, 0.1) is 17.1 Å². The number of non-ortho nitro benzene ring substituents is 1. The van der Waals surface area contributed by atoms with Crippen molar-refractivity contribution in [2.75, 3.05) is 25.1 Å². The number of nitrogens with one attached hydrogen (secondary N) is 1. The number of nitrogens with zero attached hydrogens (tertiary/aromatic N) is 1. The molecule has 0 amide bonds. The van der Waals surface area contributed by atoms with Crippen molar-refractivity contribution in [3.8, 4) is 0 Å². The SMILES string of the molecule is CC1(CNc2c(F)cc([N+](=O)[O-])cc2F)CCOCC1. The molecule has 1 fully saturated rings. The molecule has 1 heterocycles. The smallest absolute Gasteiger partial charge is 0.275 e. The van der Waals surface area contributed by atoms with Crippen LogP contribution in [0.2, 0.25) is 0 Å². The summed E-state index contributed by atoms with van der Waals surface area (Å²) >= 11 is 0. The fourth-order valence-electron chi connectivity index (χ4n) is 2.18. The predicted octanol–water partition coefficient (Wildman–Crippen LogP) is 3.10. The third kappa shape index (κ3) is 3.22. The maximum absolute atomic E-state index is 13.7. The standard InChI is InChI=1S/C13H16F2N2O3/c1-13(2-4-20-5-3-13)8-16-12-10(14)6-9(17(18)19)7-11(12)15/h6-7,16H,2-5,8H2,1H3. The molecule has 1 aromatic carbocycles. The van der Waals surface area contributed by atoms with Crippen molar-refractivity contribution in [3.63, 3.8) is 0 Å². The van der Waals surface area contributed by atoms with Gasteiger partial charge in [0, 0.05) is 19.8 Å². The molecule has 0 radical (unpaired) electrons. The first kappa shape index (κ1) is 14.6. The van der Waals surface area contributed by atoms with Gasteiger partial charge in [-0.3, -0.25) is 10.1 Å². The van der Waals surface area contributed by atoms with Gasteiger partial charge in [-0.2, -0.15) is 0 Å². The highest BCUT2D eigenvalue weighted by molar-refractivity contribution is 5.51. The van der Waals surface area contributed by atoms with Crippen LogP contribution in [0.4, 0.5) is 20.2 Å². The van der Waals surface area contributed by atoms with Crippen LogP contribution in [-0.4, -0.2) is 24.7 Å². The van der Waals surface area contributed by atoms with Gasteiger partial charge in [-0.05, 0) is 18.3 Å². The van der Waals surface area contributed by atoms with Gasteiger partial charge in [0.1, 0.15) is 5.69 Å². The molecule has 0 aliphatic carbocycles. The zero-order valence-corrected chi connectivity index (χ0v) is 11.1. The fraction of sp³-hybridized carbons (Fsp3) is 0.538. The summed E-state index contributed by atoms with van der Waals surface area (Å²) in [5, 5.41) is 13.2. The molecule has 1 aliphatic heterocycles. The summed E-state index contributed by atoms with van der Waals surface area (Å²) in [5.41, 5.74) is -1.01. The van der Waals surface area contributed by atoms with Crippen molar-refractivity contribution in [2.45, 2.75) is 19.8 Å². The van der Waals surface area contributed by atoms with E-state index in [-0.39, 0.29) is 11.1 Å². The molecule has 1 saturated heterocycles. The van der Waals surface area contributed by atoms with E-state index in [0.29, 0.717) is 19.8 Å². The lowest BCUT2D eigenvalue weighted by Gasteiger charge is -2.34. The van der Waals surface area contributed by atoms with Crippen molar-refractivity contribution in [1.82, 2.24) is 0 Å². The van der Waals surface area contributed by atoms with Gasteiger partial charge in [0.25, 0.3) is 5.69 Å². The molecule has 7 heteroatoms. The van der Waals surface area contributed by atoms with Crippen molar-refractivity contribution in [2.24, 2.45) is 5.41 Å². The van der Waals surface area contributed by atoms with Crippen molar-refractivity contribution >= 4 is 11.4 Å². The number of rotatable bonds is 4. The third-order valence-electron chi connectivity index (χ3n) is 3.63. The van der Waals surface area contributed by atoms with E-state index in [1.807, 2.05) is 6.92 Å². The molecule has 0 aromatic heterocycles. The van der Waals surface area contributed by atoms with Gasteiger partial charge in [-0.25, -0.2) is 8.78 Å². The van der Waals surface area contributed by atoms with E-state index >= 15 is 0 Å². The summed E-state index contributed by atoms with van der Waals surface area (Å²) in [6, 6.07) is 1.44. The number of halogens is 2. The minimum atomic E-state index is -0.952. The second kappa shape index (κ2) is 5.70. The van der Waals surface area contributed by atoms with E-state index in [1.54, 1.807) is 0 Å². The Morgan fingerprint density at radius 3 is 2.40 bits per heavy atom. The Hall–Kier alpha value is -1.76. The maximum atomic E-state index is 13.7. The number of hydrogen-bond donors (Lipinski definition) is 1. The zero-order chi connectivity index (χ0) is 14.8. The summed E-state index contributed by atoms with van der Waals surface area (Å²) in [5.74, 6) is -1.90. The van der Waals surface area contributed by atoms with Crippen LogP contribution >= 0.6 is 0 Å². The lowest BCUT2D eigenvalue weighted by molar-refractivity contribution is -0.385. The highest BCUT2D eigenvalue weighted by Crippen LogP contribution is 2.31. The van der Waals surface area contributed by atoms with Crippen LogP contribution in [0.15, 0.2) is 12.1 Å². The van der Waals surface area contributed by atoms with Gasteiger partial charge in [-0.1, -0.05) is 6.92 Å². The fourth-order valence-corrected chi connectivity index (χ4v) is 2.18. The summed E-state index contributed by atoms with van der Waals surface area (Å²) in [6.07, 6.45) is 1.60. The highest BCUT2D eigenvalue weighted by atomic mass is 19.1. The number of hydrogen-bond acceptors (Lipinski definition) is 4. The molecule has 5 nitrogen and oxygen atoms in total. The maximum Gasteiger partial charge on any atom is 0.275 e. The van der Waals surface area contributed by atoms with Crippen molar-refractivity contribution in [3.05, 3.63) is 33.9 Å². The number of nitro groups is 1. The van der Waals surface area contributed by atoms with E-state index in [9.17, 15) is 18.9 Å².